The summed E-state index contributed by atoms with van der Waals surface area (Å²) in [6, 6.07) is 5.25. The zero-order valence-electron chi connectivity index (χ0n) is 12.0. The van der Waals surface area contributed by atoms with Gasteiger partial charge in [-0.3, -0.25) is 0 Å². The number of benzene rings is 1. The molecule has 2 N–H and O–H groups in total. The Morgan fingerprint density at radius 1 is 1.33 bits per heavy atom. The van der Waals surface area contributed by atoms with Crippen LogP contribution in [0.5, 0.6) is 0 Å². The maximum atomic E-state index is 12.1. The number of aromatic carboxylic acids is 1. The molecule has 0 unspecified atom stereocenters. The first-order valence-electron chi connectivity index (χ1n) is 7.52. The average molecular weight is 288 g/mol. The van der Waals surface area contributed by atoms with E-state index in [0.717, 1.165) is 30.0 Å². The van der Waals surface area contributed by atoms with Crippen LogP contribution < -0.4 is 5.32 Å². The molecule has 1 aromatic rings. The third-order valence-electron chi connectivity index (χ3n) is 4.31. The van der Waals surface area contributed by atoms with Gasteiger partial charge < -0.3 is 15.3 Å². The van der Waals surface area contributed by atoms with Crippen molar-refractivity contribution in [1.29, 1.82) is 0 Å². The van der Waals surface area contributed by atoms with Crippen molar-refractivity contribution in [3.63, 3.8) is 0 Å². The van der Waals surface area contributed by atoms with Gasteiger partial charge in [-0.1, -0.05) is 25.0 Å². The molecule has 3 rings (SSSR count). The number of carboxylic acids is 1. The molecule has 1 fully saturated rings. The monoisotopic (exact) mass is 288 g/mol. The lowest BCUT2D eigenvalue weighted by molar-refractivity contribution is 0.0695. The summed E-state index contributed by atoms with van der Waals surface area (Å²) in [4.78, 5) is 25.1. The first kappa shape index (κ1) is 13.9. The molecule has 1 saturated carbocycles. The molecule has 2 aliphatic rings. The second-order valence-electron chi connectivity index (χ2n) is 5.88. The minimum Gasteiger partial charge on any atom is -0.478 e. The van der Waals surface area contributed by atoms with Crippen LogP contribution in [0.4, 0.5) is 4.79 Å². The number of hydrogen-bond acceptors (Lipinski definition) is 2. The van der Waals surface area contributed by atoms with E-state index in [2.05, 4.69) is 5.32 Å². The second kappa shape index (κ2) is 5.76. The minimum atomic E-state index is -0.894. The van der Waals surface area contributed by atoms with Crippen LogP contribution in [0.3, 0.4) is 0 Å². The molecule has 5 heteroatoms. The molecule has 2 amide bonds. The summed E-state index contributed by atoms with van der Waals surface area (Å²) in [7, 11) is 0. The summed E-state index contributed by atoms with van der Waals surface area (Å²) in [5.74, 6) is -0.0836. The van der Waals surface area contributed by atoms with Gasteiger partial charge in [0.15, 0.2) is 0 Å². The van der Waals surface area contributed by atoms with Crippen LogP contribution in [0, 0.1) is 5.92 Å². The van der Waals surface area contributed by atoms with Gasteiger partial charge in [0.25, 0.3) is 0 Å². The van der Waals surface area contributed by atoms with Gasteiger partial charge in [0.2, 0.25) is 0 Å². The predicted octanol–water partition coefficient (Wildman–Crippen LogP) is 2.25. The molecule has 0 bridgehead atoms. The van der Waals surface area contributed by atoms with Crippen LogP contribution in [0.25, 0.3) is 0 Å². The number of nitrogens with zero attached hydrogens (tertiary/aromatic N) is 1. The van der Waals surface area contributed by atoms with Crippen molar-refractivity contribution >= 4 is 12.0 Å². The van der Waals surface area contributed by atoms with Gasteiger partial charge in [-0.2, -0.15) is 0 Å². The van der Waals surface area contributed by atoms with E-state index in [1.54, 1.807) is 17.0 Å². The predicted molar refractivity (Wildman–Crippen MR) is 78.3 cm³/mol. The molecule has 0 saturated heterocycles. The zero-order valence-corrected chi connectivity index (χ0v) is 12.0. The molecule has 5 nitrogen and oxygen atoms in total. The number of hydrogen-bond donors (Lipinski definition) is 2. The van der Waals surface area contributed by atoms with Gasteiger partial charge in [0.05, 0.1) is 5.56 Å². The summed E-state index contributed by atoms with van der Waals surface area (Å²) >= 11 is 0. The van der Waals surface area contributed by atoms with Crippen LogP contribution in [-0.4, -0.2) is 35.1 Å². The SMILES string of the molecule is O=C(O)c1cccc2c1CCN(C(=O)NCCC1CC1)C2. The van der Waals surface area contributed by atoms with E-state index in [-0.39, 0.29) is 6.03 Å². The maximum absolute atomic E-state index is 12.1. The van der Waals surface area contributed by atoms with Crippen molar-refractivity contribution in [2.45, 2.75) is 32.2 Å². The summed E-state index contributed by atoms with van der Waals surface area (Å²) in [6.45, 7) is 1.81. The van der Waals surface area contributed by atoms with E-state index >= 15 is 0 Å². The van der Waals surface area contributed by atoms with E-state index < -0.39 is 5.97 Å². The summed E-state index contributed by atoms with van der Waals surface area (Å²) in [5, 5.41) is 12.2. The summed E-state index contributed by atoms with van der Waals surface area (Å²) in [6.07, 6.45) is 4.27. The fraction of sp³-hybridized carbons (Fsp3) is 0.500. The highest BCUT2D eigenvalue weighted by molar-refractivity contribution is 5.90. The smallest absolute Gasteiger partial charge is 0.335 e. The summed E-state index contributed by atoms with van der Waals surface area (Å²) in [5.41, 5.74) is 2.17. The molecule has 1 aliphatic carbocycles. The number of carboxylic acid groups (broad SMARTS) is 1. The fourth-order valence-electron chi connectivity index (χ4n) is 2.88. The Balaban J connectivity index is 1.62. The van der Waals surface area contributed by atoms with Crippen molar-refractivity contribution < 1.29 is 14.7 Å². The lowest BCUT2D eigenvalue weighted by Gasteiger charge is -2.29. The van der Waals surface area contributed by atoms with Gasteiger partial charge in [-0.05, 0) is 36.0 Å². The molecule has 0 aromatic heterocycles. The quantitative estimate of drug-likeness (QED) is 0.892. The number of rotatable bonds is 4. The molecule has 1 heterocycles. The van der Waals surface area contributed by atoms with Crippen LogP contribution >= 0.6 is 0 Å². The molecule has 21 heavy (non-hydrogen) atoms. The number of carbonyl (C=O) groups is 2. The Kier molecular flexibility index (Phi) is 3.82. The molecule has 0 atom stereocenters. The number of nitrogens with one attached hydrogen (secondary N) is 1. The average Bonchev–Trinajstić information content (AvgIpc) is 3.30. The molecule has 1 aliphatic heterocycles. The highest BCUT2D eigenvalue weighted by atomic mass is 16.4. The number of fused-ring (bicyclic) bond motifs is 1. The Hall–Kier alpha value is -2.04. The topological polar surface area (TPSA) is 69.6 Å². The summed E-state index contributed by atoms with van der Waals surface area (Å²) < 4.78 is 0. The van der Waals surface area contributed by atoms with Gasteiger partial charge in [-0.15, -0.1) is 0 Å². The minimum absolute atomic E-state index is 0.0398. The molecular formula is C16H20N2O3. The molecule has 1 aromatic carbocycles. The Bertz CT molecular complexity index is 567. The standard InChI is InChI=1S/C16H20N2O3/c19-15(20)14-3-1-2-12-10-18(9-7-13(12)14)16(21)17-8-6-11-4-5-11/h1-3,11H,4-10H2,(H,17,21)(H,19,20). The molecule has 0 spiro atoms. The first-order chi connectivity index (χ1) is 10.1. The van der Waals surface area contributed by atoms with Gasteiger partial charge in [0, 0.05) is 19.6 Å². The van der Waals surface area contributed by atoms with Crippen LogP contribution in [-0.2, 0) is 13.0 Å². The van der Waals surface area contributed by atoms with Crippen LogP contribution in [0.2, 0.25) is 0 Å². The fourth-order valence-corrected chi connectivity index (χ4v) is 2.88. The molecule has 0 radical (unpaired) electrons. The first-order valence-corrected chi connectivity index (χ1v) is 7.52. The van der Waals surface area contributed by atoms with E-state index in [4.69, 9.17) is 0 Å². The maximum Gasteiger partial charge on any atom is 0.335 e. The third kappa shape index (κ3) is 3.17. The Labute approximate surface area is 123 Å². The van der Waals surface area contributed by atoms with Gasteiger partial charge >= 0.3 is 12.0 Å². The second-order valence-corrected chi connectivity index (χ2v) is 5.88. The van der Waals surface area contributed by atoms with Crippen molar-refractivity contribution in [3.8, 4) is 0 Å². The highest BCUT2D eigenvalue weighted by Gasteiger charge is 2.25. The van der Waals surface area contributed by atoms with Crippen molar-refractivity contribution in [3.05, 3.63) is 34.9 Å². The third-order valence-corrected chi connectivity index (χ3v) is 4.31. The van der Waals surface area contributed by atoms with Crippen molar-refractivity contribution in [2.75, 3.05) is 13.1 Å². The zero-order chi connectivity index (χ0) is 14.8. The van der Waals surface area contributed by atoms with Gasteiger partial charge in [-0.25, -0.2) is 9.59 Å². The Morgan fingerprint density at radius 3 is 2.86 bits per heavy atom. The van der Waals surface area contributed by atoms with E-state index in [0.29, 0.717) is 25.1 Å². The van der Waals surface area contributed by atoms with E-state index in [1.165, 1.54) is 12.8 Å². The number of carbonyl (C=O) groups excluding carboxylic acids is 1. The molecule has 112 valence electrons. The lowest BCUT2D eigenvalue weighted by Crippen LogP contribution is -2.43. The van der Waals surface area contributed by atoms with Gasteiger partial charge in [0.1, 0.15) is 0 Å². The lowest BCUT2D eigenvalue weighted by atomic mass is 9.95. The van der Waals surface area contributed by atoms with E-state index in [1.807, 2.05) is 6.07 Å². The molecular weight excluding hydrogens is 268 g/mol. The number of urea groups is 1. The van der Waals surface area contributed by atoms with Crippen molar-refractivity contribution in [1.82, 2.24) is 10.2 Å². The van der Waals surface area contributed by atoms with Crippen LogP contribution in [0.1, 0.15) is 40.7 Å². The van der Waals surface area contributed by atoms with Crippen LogP contribution in [0.15, 0.2) is 18.2 Å². The normalized spacial score (nSPS) is 17.2. The largest absolute Gasteiger partial charge is 0.478 e. The van der Waals surface area contributed by atoms with E-state index in [9.17, 15) is 14.7 Å². The van der Waals surface area contributed by atoms with Crippen molar-refractivity contribution in [2.24, 2.45) is 5.92 Å². The Morgan fingerprint density at radius 2 is 2.14 bits per heavy atom. The number of amides is 2. The highest BCUT2D eigenvalue weighted by Crippen LogP contribution is 2.31.